The lowest BCUT2D eigenvalue weighted by atomic mass is 10.1. The number of nitrogens with one attached hydrogen (secondary N) is 2. The lowest BCUT2D eigenvalue weighted by molar-refractivity contribution is -0.0294. The van der Waals surface area contributed by atoms with Crippen LogP contribution in [0.3, 0.4) is 0 Å². The Kier molecular flexibility index (Phi) is 6.09. The van der Waals surface area contributed by atoms with Gasteiger partial charge in [-0.05, 0) is 30.3 Å². The van der Waals surface area contributed by atoms with Crippen molar-refractivity contribution in [2.75, 3.05) is 18.5 Å². The smallest absolute Gasteiger partial charge is 0.279 e. The second-order valence-corrected chi connectivity index (χ2v) is 6.20. The van der Waals surface area contributed by atoms with Crippen LogP contribution in [0.4, 0.5) is 15.9 Å². The molecule has 0 aliphatic rings. The molecule has 2 heterocycles. The molecule has 0 aliphatic heterocycles. The molecular weight excluding hydrogens is 379 g/mol. The van der Waals surface area contributed by atoms with Gasteiger partial charge in [-0.2, -0.15) is 0 Å². The molecule has 3 aromatic rings. The molecule has 8 nitrogen and oxygen atoms in total. The summed E-state index contributed by atoms with van der Waals surface area (Å²) in [5.41, 5.74) is 3.40. The summed E-state index contributed by atoms with van der Waals surface area (Å²) in [4.78, 5) is 22.0. The van der Waals surface area contributed by atoms with E-state index in [1.807, 2.05) is 0 Å². The monoisotopic (exact) mass is 398 g/mol. The van der Waals surface area contributed by atoms with Crippen LogP contribution in [0.5, 0.6) is 0 Å². The zero-order chi connectivity index (χ0) is 21.0. The van der Waals surface area contributed by atoms with Crippen molar-refractivity contribution >= 4 is 28.4 Å². The van der Waals surface area contributed by atoms with Crippen molar-refractivity contribution in [1.82, 2.24) is 15.0 Å². The Bertz CT molecular complexity index is 1090. The first-order valence-corrected chi connectivity index (χ1v) is 8.64. The van der Waals surface area contributed by atoms with Crippen LogP contribution in [0, 0.1) is 18.2 Å². The number of aliphatic hydroxyl groups is 2. The Hall–Kier alpha value is -3.45. The van der Waals surface area contributed by atoms with Gasteiger partial charge in [0.1, 0.15) is 30.0 Å². The molecule has 0 fully saturated rings. The molecule has 1 atom stereocenters. The zero-order valence-corrected chi connectivity index (χ0v) is 15.5. The molecule has 0 spiro atoms. The van der Waals surface area contributed by atoms with E-state index in [-0.39, 0.29) is 23.7 Å². The minimum atomic E-state index is -1.13. The molecule has 0 saturated carbocycles. The van der Waals surface area contributed by atoms with E-state index >= 15 is 0 Å². The van der Waals surface area contributed by atoms with Gasteiger partial charge in [0.05, 0.1) is 17.9 Å². The summed E-state index contributed by atoms with van der Waals surface area (Å²) in [5.74, 6) is 1.44. The molecule has 1 aromatic carbocycles. The van der Waals surface area contributed by atoms with E-state index < -0.39 is 24.4 Å². The van der Waals surface area contributed by atoms with Crippen molar-refractivity contribution in [3.8, 4) is 12.3 Å². The number of pyridine rings is 1. The van der Waals surface area contributed by atoms with Crippen molar-refractivity contribution < 1.29 is 24.2 Å². The number of aryl methyl sites for hydroxylation is 1. The Morgan fingerprint density at radius 2 is 2.24 bits per heavy atom. The molecule has 4 N–H and O–H groups in total. The Morgan fingerprint density at radius 1 is 1.45 bits per heavy atom. The number of aromatic nitrogens is 2. The third-order valence-electron chi connectivity index (χ3n) is 4.21. The van der Waals surface area contributed by atoms with Crippen molar-refractivity contribution in [3.05, 3.63) is 53.5 Å². The summed E-state index contributed by atoms with van der Waals surface area (Å²) < 4.78 is 16.0. The fourth-order valence-electron chi connectivity index (χ4n) is 2.78. The van der Waals surface area contributed by atoms with Gasteiger partial charge >= 0.3 is 0 Å². The number of amides is 1. The van der Waals surface area contributed by atoms with E-state index in [2.05, 4.69) is 21.7 Å². The molecule has 150 valence electrons. The average molecular weight is 398 g/mol. The summed E-state index contributed by atoms with van der Waals surface area (Å²) in [6, 6.07) is 7.63. The zero-order valence-electron chi connectivity index (χ0n) is 15.5. The van der Waals surface area contributed by atoms with E-state index in [1.165, 1.54) is 12.1 Å². The second-order valence-electron chi connectivity index (χ2n) is 6.20. The number of carbonyl (C=O) groups excluding carboxylic acids is 1. The number of aliphatic hydroxyl groups excluding tert-OH is 2. The quantitative estimate of drug-likeness (QED) is 0.354. The number of hydrogen-bond donors (Lipinski definition) is 4. The number of hydroxylamine groups is 1. The second kappa shape index (κ2) is 8.70. The van der Waals surface area contributed by atoms with Gasteiger partial charge in [-0.3, -0.25) is 9.63 Å². The third kappa shape index (κ3) is 4.20. The van der Waals surface area contributed by atoms with E-state index in [9.17, 15) is 14.3 Å². The predicted octanol–water partition coefficient (Wildman–Crippen LogP) is 1.45. The Morgan fingerprint density at radius 3 is 2.93 bits per heavy atom. The van der Waals surface area contributed by atoms with Gasteiger partial charge in [-0.1, -0.05) is 5.92 Å². The van der Waals surface area contributed by atoms with E-state index in [4.69, 9.17) is 16.4 Å². The van der Waals surface area contributed by atoms with Crippen molar-refractivity contribution in [2.24, 2.45) is 7.05 Å². The molecule has 0 radical (unpaired) electrons. The molecule has 0 saturated heterocycles. The Balaban J connectivity index is 1.98. The fourth-order valence-corrected chi connectivity index (χ4v) is 2.78. The molecule has 1 amide bonds. The van der Waals surface area contributed by atoms with Gasteiger partial charge in [0, 0.05) is 24.2 Å². The maximum atomic E-state index is 14.4. The molecule has 29 heavy (non-hydrogen) atoms. The topological polar surface area (TPSA) is 109 Å². The number of anilines is 2. The molecule has 2 aromatic heterocycles. The minimum Gasteiger partial charge on any atom is -0.394 e. The number of rotatable bonds is 7. The largest absolute Gasteiger partial charge is 0.394 e. The summed E-state index contributed by atoms with van der Waals surface area (Å²) in [6.07, 6.45) is 5.73. The molecule has 3 rings (SSSR count). The first-order chi connectivity index (χ1) is 14.0. The fraction of sp³-hybridized carbons (Fsp3) is 0.200. The summed E-state index contributed by atoms with van der Waals surface area (Å²) in [6.45, 7) is -0.802. The van der Waals surface area contributed by atoms with Crippen LogP contribution in [-0.4, -0.2) is 45.0 Å². The van der Waals surface area contributed by atoms with Crippen LogP contribution in [-0.2, 0) is 11.9 Å². The van der Waals surface area contributed by atoms with Crippen molar-refractivity contribution in [3.63, 3.8) is 0 Å². The highest BCUT2D eigenvalue weighted by Gasteiger charge is 2.23. The number of fused-ring (bicyclic) bond motifs is 1. The lowest BCUT2D eigenvalue weighted by Crippen LogP contribution is -2.30. The molecule has 9 heteroatoms. The van der Waals surface area contributed by atoms with Crippen LogP contribution >= 0.6 is 0 Å². The van der Waals surface area contributed by atoms with Gasteiger partial charge < -0.3 is 20.1 Å². The number of carbonyl (C=O) groups is 1. The summed E-state index contributed by atoms with van der Waals surface area (Å²) in [7, 11) is 1.68. The molecule has 1 unspecified atom stereocenters. The minimum absolute atomic E-state index is 0.126. The first-order valence-electron chi connectivity index (χ1n) is 8.64. The SMILES string of the molecule is C#Cc1ccc(Nc2c(C(=O)NOCC(O)CO)c3cccnc3n2C)c(F)c1. The van der Waals surface area contributed by atoms with E-state index in [0.29, 0.717) is 16.6 Å². The van der Waals surface area contributed by atoms with E-state index in [1.54, 1.807) is 36.0 Å². The van der Waals surface area contributed by atoms with Gasteiger partial charge in [-0.15, -0.1) is 6.42 Å². The maximum absolute atomic E-state index is 14.4. The van der Waals surface area contributed by atoms with E-state index in [0.717, 1.165) is 0 Å². The Labute approximate surface area is 165 Å². The van der Waals surface area contributed by atoms with Crippen LogP contribution in [0.15, 0.2) is 36.5 Å². The van der Waals surface area contributed by atoms with Crippen LogP contribution < -0.4 is 10.8 Å². The highest BCUT2D eigenvalue weighted by Crippen LogP contribution is 2.31. The summed E-state index contributed by atoms with van der Waals surface area (Å²) >= 11 is 0. The van der Waals surface area contributed by atoms with Crippen LogP contribution in [0.2, 0.25) is 0 Å². The van der Waals surface area contributed by atoms with Crippen LogP contribution in [0.1, 0.15) is 15.9 Å². The van der Waals surface area contributed by atoms with Gasteiger partial charge in [0.25, 0.3) is 5.91 Å². The molecule has 0 bridgehead atoms. The van der Waals surface area contributed by atoms with Gasteiger partial charge in [0.15, 0.2) is 0 Å². The standard InChI is InChI=1S/C20H19FN4O4/c1-3-12-6-7-16(15(21)9-12)23-19-17(20(28)24-29-11-13(27)10-26)14-5-4-8-22-18(14)25(19)2/h1,4-9,13,23,26-27H,10-11H2,2H3,(H,24,28). The number of hydrogen-bond acceptors (Lipinski definition) is 6. The van der Waals surface area contributed by atoms with Gasteiger partial charge in [0.2, 0.25) is 0 Å². The normalized spacial score (nSPS) is 11.8. The predicted molar refractivity (Wildman–Crippen MR) is 105 cm³/mol. The van der Waals surface area contributed by atoms with Crippen LogP contribution in [0.25, 0.3) is 11.0 Å². The highest BCUT2D eigenvalue weighted by molar-refractivity contribution is 6.11. The summed E-state index contributed by atoms with van der Waals surface area (Å²) in [5, 5.41) is 21.6. The number of terminal acetylenes is 1. The first kappa shape index (κ1) is 20.3. The van der Waals surface area contributed by atoms with Crippen molar-refractivity contribution in [1.29, 1.82) is 0 Å². The molecule has 0 aliphatic carbocycles. The third-order valence-corrected chi connectivity index (χ3v) is 4.21. The lowest BCUT2D eigenvalue weighted by Gasteiger charge is -2.13. The number of benzene rings is 1. The van der Waals surface area contributed by atoms with Crippen molar-refractivity contribution in [2.45, 2.75) is 6.10 Å². The molecular formula is C20H19FN4O4. The number of halogens is 1. The number of nitrogens with zero attached hydrogens (tertiary/aromatic N) is 2. The average Bonchev–Trinajstić information content (AvgIpc) is 3.01. The maximum Gasteiger partial charge on any atom is 0.279 e. The van der Waals surface area contributed by atoms with Gasteiger partial charge in [-0.25, -0.2) is 14.9 Å². The highest BCUT2D eigenvalue weighted by atomic mass is 19.1.